The van der Waals surface area contributed by atoms with E-state index in [1.807, 2.05) is 35.2 Å². The maximum atomic E-state index is 12.9. The first-order chi connectivity index (χ1) is 18.2. The highest BCUT2D eigenvalue weighted by Gasteiger charge is 2.24. The molecule has 0 bridgehead atoms. The first-order valence-electron chi connectivity index (χ1n) is 12.3. The molecule has 37 heavy (non-hydrogen) atoms. The van der Waals surface area contributed by atoms with Gasteiger partial charge in [0.25, 0.3) is 5.91 Å². The summed E-state index contributed by atoms with van der Waals surface area (Å²) in [5.41, 5.74) is 6.87. The van der Waals surface area contributed by atoms with Gasteiger partial charge in [0.2, 0.25) is 0 Å². The van der Waals surface area contributed by atoms with Crippen LogP contribution in [0.1, 0.15) is 16.1 Å². The van der Waals surface area contributed by atoms with Gasteiger partial charge in [-0.2, -0.15) is 10.2 Å². The second-order valence-electron chi connectivity index (χ2n) is 9.13. The minimum atomic E-state index is -0.00120. The van der Waals surface area contributed by atoms with Gasteiger partial charge in [-0.05, 0) is 41.5 Å². The minimum absolute atomic E-state index is 0.00120. The zero-order valence-electron chi connectivity index (χ0n) is 20.2. The summed E-state index contributed by atoms with van der Waals surface area (Å²) >= 11 is 6.17. The molecule has 2 aromatic carbocycles. The molecule has 3 aromatic heterocycles. The number of hydrogen-bond donors (Lipinski definition) is 0. The van der Waals surface area contributed by atoms with Crippen LogP contribution in [0.15, 0.2) is 91.4 Å². The summed E-state index contributed by atoms with van der Waals surface area (Å²) in [7, 11) is 0. The maximum Gasteiger partial charge on any atom is 0.255 e. The number of pyridine rings is 1. The van der Waals surface area contributed by atoms with Crippen LogP contribution < -0.4 is 0 Å². The molecule has 7 nitrogen and oxygen atoms in total. The van der Waals surface area contributed by atoms with E-state index in [0.29, 0.717) is 23.7 Å². The summed E-state index contributed by atoms with van der Waals surface area (Å²) in [4.78, 5) is 22.1. The summed E-state index contributed by atoms with van der Waals surface area (Å²) in [5.74, 6) is -0.00120. The number of halogens is 1. The Hall–Kier alpha value is -4.07. The predicted molar refractivity (Wildman–Crippen MR) is 144 cm³/mol. The molecule has 1 saturated heterocycles. The Morgan fingerprint density at radius 1 is 0.811 bits per heavy atom. The lowest BCUT2D eigenvalue weighted by Crippen LogP contribution is -2.48. The monoisotopic (exact) mass is 508 g/mol. The van der Waals surface area contributed by atoms with Crippen molar-refractivity contribution in [1.29, 1.82) is 0 Å². The minimum Gasteiger partial charge on any atom is -0.336 e. The molecule has 5 aromatic rings. The van der Waals surface area contributed by atoms with E-state index in [4.69, 9.17) is 16.6 Å². The van der Waals surface area contributed by atoms with Gasteiger partial charge in [0.15, 0.2) is 0 Å². The summed E-state index contributed by atoms with van der Waals surface area (Å²) in [6.45, 7) is 3.58. The fourth-order valence-electron chi connectivity index (χ4n) is 4.81. The van der Waals surface area contributed by atoms with Crippen molar-refractivity contribution in [1.82, 2.24) is 29.4 Å². The number of carbonyl (C=O) groups excluding carboxylic acids is 1. The first kappa shape index (κ1) is 23.3. The molecule has 0 N–H and O–H groups in total. The molecule has 0 aliphatic carbocycles. The summed E-state index contributed by atoms with van der Waals surface area (Å²) in [6, 6.07) is 24.1. The normalized spacial score (nSPS) is 14.2. The van der Waals surface area contributed by atoms with E-state index < -0.39 is 0 Å². The van der Waals surface area contributed by atoms with E-state index in [0.717, 1.165) is 53.4 Å². The van der Waals surface area contributed by atoms with Gasteiger partial charge < -0.3 is 9.30 Å². The van der Waals surface area contributed by atoms with Gasteiger partial charge in [0, 0.05) is 49.5 Å². The molecular weight excluding hydrogens is 484 g/mol. The molecule has 1 fully saturated rings. The Morgan fingerprint density at radius 2 is 1.57 bits per heavy atom. The van der Waals surface area contributed by atoms with Crippen LogP contribution in [0.5, 0.6) is 0 Å². The number of amides is 1. The lowest BCUT2D eigenvalue weighted by molar-refractivity contribution is 0.0626. The van der Waals surface area contributed by atoms with Crippen molar-refractivity contribution in [2.75, 3.05) is 26.2 Å². The number of imidazole rings is 1. The molecule has 0 saturated carbocycles. The van der Waals surface area contributed by atoms with Crippen molar-refractivity contribution in [3.63, 3.8) is 0 Å². The third-order valence-electron chi connectivity index (χ3n) is 6.81. The number of rotatable bonds is 5. The number of benzene rings is 2. The molecule has 4 heterocycles. The number of fused-ring (bicyclic) bond motifs is 1. The Labute approximate surface area is 220 Å². The molecule has 0 atom stereocenters. The molecule has 0 radical (unpaired) electrons. The quantitative estimate of drug-likeness (QED) is 0.331. The fraction of sp³-hybridized carbons (Fsp3) is 0.172. The van der Waals surface area contributed by atoms with Crippen molar-refractivity contribution < 1.29 is 4.79 Å². The lowest BCUT2D eigenvalue weighted by Gasteiger charge is -2.34. The van der Waals surface area contributed by atoms with Crippen LogP contribution in [-0.4, -0.2) is 61.5 Å². The molecule has 1 amide bonds. The molecular formula is C29H25ClN6O. The van der Waals surface area contributed by atoms with Crippen molar-refractivity contribution in [2.45, 2.75) is 6.54 Å². The third kappa shape index (κ3) is 4.83. The maximum absolute atomic E-state index is 12.9. The van der Waals surface area contributed by atoms with Crippen LogP contribution in [0.3, 0.4) is 0 Å². The summed E-state index contributed by atoms with van der Waals surface area (Å²) in [5, 5.41) is 8.31. The van der Waals surface area contributed by atoms with E-state index in [1.54, 1.807) is 12.3 Å². The van der Waals surface area contributed by atoms with E-state index in [1.165, 1.54) is 6.20 Å². The Bertz CT molecular complexity index is 1530. The van der Waals surface area contributed by atoms with Crippen molar-refractivity contribution in [3.8, 4) is 22.4 Å². The number of carbonyl (C=O) groups is 1. The Balaban J connectivity index is 1.30. The van der Waals surface area contributed by atoms with Gasteiger partial charge in [0.1, 0.15) is 5.65 Å². The zero-order valence-corrected chi connectivity index (χ0v) is 20.9. The summed E-state index contributed by atoms with van der Waals surface area (Å²) in [6.07, 6.45) is 5.24. The van der Waals surface area contributed by atoms with Crippen molar-refractivity contribution in [3.05, 3.63) is 108 Å². The highest BCUT2D eigenvalue weighted by molar-refractivity contribution is 6.30. The molecule has 1 aliphatic heterocycles. The van der Waals surface area contributed by atoms with Gasteiger partial charge in [-0.25, -0.2) is 4.98 Å². The van der Waals surface area contributed by atoms with Crippen LogP contribution in [0, 0.1) is 0 Å². The second kappa shape index (κ2) is 10.1. The molecule has 0 spiro atoms. The van der Waals surface area contributed by atoms with E-state index >= 15 is 0 Å². The third-order valence-corrected chi connectivity index (χ3v) is 7.06. The van der Waals surface area contributed by atoms with Gasteiger partial charge in [-0.15, -0.1) is 0 Å². The first-order valence-corrected chi connectivity index (χ1v) is 12.6. The second-order valence-corrected chi connectivity index (χ2v) is 9.56. The highest BCUT2D eigenvalue weighted by Crippen LogP contribution is 2.29. The fourth-order valence-corrected chi connectivity index (χ4v) is 4.93. The average molecular weight is 509 g/mol. The summed E-state index contributed by atoms with van der Waals surface area (Å²) < 4.78 is 2.20. The number of piperazine rings is 1. The van der Waals surface area contributed by atoms with Crippen LogP contribution in [0.25, 0.3) is 28.0 Å². The average Bonchev–Trinajstić information content (AvgIpc) is 3.32. The highest BCUT2D eigenvalue weighted by atomic mass is 35.5. The van der Waals surface area contributed by atoms with Gasteiger partial charge in [-0.1, -0.05) is 54.1 Å². The van der Waals surface area contributed by atoms with Crippen LogP contribution in [0.2, 0.25) is 5.02 Å². The molecule has 8 heteroatoms. The van der Waals surface area contributed by atoms with Crippen LogP contribution >= 0.6 is 11.6 Å². The number of nitrogens with zero attached hydrogens (tertiary/aromatic N) is 6. The standard InChI is InChI=1S/C29H25ClN6O/c30-25-9-6-22(7-10-25)28-26(36-19-24(8-11-27(36)33-28)21-4-2-1-3-5-21)20-34-14-16-35(17-15-34)29(37)23-12-13-31-32-18-23/h1-13,18-19H,14-17,20H2. The largest absolute Gasteiger partial charge is 0.336 e. The van der Waals surface area contributed by atoms with Gasteiger partial charge in [-0.3, -0.25) is 9.69 Å². The van der Waals surface area contributed by atoms with Crippen molar-refractivity contribution >= 4 is 23.2 Å². The molecule has 6 rings (SSSR count). The Kier molecular flexibility index (Phi) is 6.39. The van der Waals surface area contributed by atoms with E-state index in [-0.39, 0.29) is 5.91 Å². The molecule has 1 aliphatic rings. The van der Waals surface area contributed by atoms with E-state index in [9.17, 15) is 4.79 Å². The van der Waals surface area contributed by atoms with Crippen molar-refractivity contribution in [2.24, 2.45) is 0 Å². The SMILES string of the molecule is O=C(c1ccnnc1)N1CCN(Cc2c(-c3ccc(Cl)cc3)nc3ccc(-c4ccccc4)cn23)CC1. The predicted octanol–water partition coefficient (Wildman–Crippen LogP) is 5.07. The lowest BCUT2D eigenvalue weighted by atomic mass is 10.1. The molecule has 0 unspecified atom stereocenters. The van der Waals surface area contributed by atoms with Crippen LogP contribution in [0.4, 0.5) is 0 Å². The molecule has 184 valence electrons. The zero-order chi connectivity index (χ0) is 25.2. The van der Waals surface area contributed by atoms with Crippen LogP contribution in [-0.2, 0) is 6.54 Å². The Morgan fingerprint density at radius 3 is 2.30 bits per heavy atom. The number of aromatic nitrogens is 4. The topological polar surface area (TPSA) is 66.6 Å². The van der Waals surface area contributed by atoms with E-state index in [2.05, 4.69) is 62.1 Å². The van der Waals surface area contributed by atoms with Gasteiger partial charge in [0.05, 0.1) is 29.3 Å². The van der Waals surface area contributed by atoms with Gasteiger partial charge >= 0.3 is 0 Å². The smallest absolute Gasteiger partial charge is 0.255 e. The number of hydrogen-bond acceptors (Lipinski definition) is 5.